The number of hydrogen-bond donors (Lipinski definition) is 1. The maximum atomic E-state index is 11.0. The third-order valence-electron chi connectivity index (χ3n) is 2.80. The van der Waals surface area contributed by atoms with Crippen LogP contribution in [0.1, 0.15) is 5.56 Å². The third-order valence-corrected chi connectivity index (χ3v) is 3.57. The molecule has 7 heteroatoms. The Morgan fingerprint density at radius 2 is 2.05 bits per heavy atom. The lowest BCUT2D eigenvalue weighted by Crippen LogP contribution is -2.19. The topological polar surface area (TPSA) is 85.3 Å². The highest BCUT2D eigenvalue weighted by atomic mass is 79.9. The lowest BCUT2D eigenvalue weighted by molar-refractivity contribution is -0.384. The number of pyridine rings is 1. The number of nitrogens with zero attached hydrogens (tertiary/aromatic N) is 3. The summed E-state index contributed by atoms with van der Waals surface area (Å²) < 4.78 is 0.943. The minimum absolute atomic E-state index is 0.0613. The summed E-state index contributed by atoms with van der Waals surface area (Å²) >= 11 is 3.45. The first-order chi connectivity index (χ1) is 9.49. The second-order valence-electron chi connectivity index (χ2n) is 4.28. The number of nitrogens with two attached hydrogens (primary N) is 1. The molecule has 0 amide bonds. The Morgan fingerprint density at radius 1 is 1.35 bits per heavy atom. The predicted molar refractivity (Wildman–Crippen MR) is 81.6 cm³/mol. The molecule has 2 N–H and O–H groups in total. The van der Waals surface area contributed by atoms with Crippen molar-refractivity contribution < 1.29 is 4.92 Å². The molecule has 1 heterocycles. The minimum atomic E-state index is -0.460. The highest BCUT2D eigenvalue weighted by molar-refractivity contribution is 9.10. The Bertz CT molecular complexity index is 648. The van der Waals surface area contributed by atoms with Crippen LogP contribution in [0.3, 0.4) is 0 Å². The molecule has 0 unspecified atom stereocenters. The molecular weight excluding hydrogens is 324 g/mol. The van der Waals surface area contributed by atoms with Crippen molar-refractivity contribution in [3.05, 3.63) is 56.5 Å². The van der Waals surface area contributed by atoms with Crippen LogP contribution in [0.5, 0.6) is 0 Å². The van der Waals surface area contributed by atoms with Crippen LogP contribution < -0.4 is 10.6 Å². The normalized spacial score (nSPS) is 10.3. The van der Waals surface area contributed by atoms with E-state index in [1.807, 2.05) is 24.3 Å². The quantitative estimate of drug-likeness (QED) is 0.685. The molecule has 1 aromatic carbocycles. The molecule has 0 spiro atoms. The zero-order valence-corrected chi connectivity index (χ0v) is 12.4. The van der Waals surface area contributed by atoms with Gasteiger partial charge in [-0.05, 0) is 17.7 Å². The second-order valence-corrected chi connectivity index (χ2v) is 5.14. The van der Waals surface area contributed by atoms with E-state index in [1.54, 1.807) is 11.9 Å². The molecule has 0 bridgehead atoms. The van der Waals surface area contributed by atoms with Gasteiger partial charge in [0.25, 0.3) is 0 Å². The van der Waals surface area contributed by atoms with Crippen molar-refractivity contribution in [2.75, 3.05) is 17.7 Å². The fourth-order valence-corrected chi connectivity index (χ4v) is 2.25. The molecular formula is C13H13BrN4O2. The average Bonchev–Trinajstić information content (AvgIpc) is 2.40. The molecule has 0 aliphatic carbocycles. The van der Waals surface area contributed by atoms with Gasteiger partial charge in [-0.15, -0.1) is 0 Å². The monoisotopic (exact) mass is 336 g/mol. The Kier molecular flexibility index (Phi) is 4.19. The van der Waals surface area contributed by atoms with E-state index in [9.17, 15) is 10.1 Å². The Labute approximate surface area is 124 Å². The molecule has 0 atom stereocenters. The summed E-state index contributed by atoms with van der Waals surface area (Å²) in [4.78, 5) is 16.4. The van der Waals surface area contributed by atoms with E-state index in [4.69, 9.17) is 5.73 Å². The lowest BCUT2D eigenvalue weighted by atomic mass is 10.2. The Morgan fingerprint density at radius 3 is 2.70 bits per heavy atom. The highest BCUT2D eigenvalue weighted by Crippen LogP contribution is 2.28. The molecule has 104 valence electrons. The van der Waals surface area contributed by atoms with Gasteiger partial charge >= 0.3 is 5.69 Å². The number of hydrogen-bond acceptors (Lipinski definition) is 5. The SMILES string of the molecule is CN(Cc1ccccc1Br)c1nc(N)ccc1[N+](=O)[O-]. The van der Waals surface area contributed by atoms with Gasteiger partial charge in [0.2, 0.25) is 5.82 Å². The first-order valence-electron chi connectivity index (χ1n) is 5.84. The smallest absolute Gasteiger partial charge is 0.311 e. The zero-order chi connectivity index (χ0) is 14.7. The van der Waals surface area contributed by atoms with Gasteiger partial charge in [-0.3, -0.25) is 10.1 Å². The van der Waals surface area contributed by atoms with Crippen LogP contribution in [0.15, 0.2) is 40.9 Å². The zero-order valence-electron chi connectivity index (χ0n) is 10.8. The molecule has 0 fully saturated rings. The van der Waals surface area contributed by atoms with Crippen molar-refractivity contribution in [2.45, 2.75) is 6.54 Å². The van der Waals surface area contributed by atoms with E-state index in [-0.39, 0.29) is 17.3 Å². The predicted octanol–water partition coefficient (Wildman–Crippen LogP) is 2.97. The molecule has 0 aliphatic rings. The molecule has 20 heavy (non-hydrogen) atoms. The standard InChI is InChI=1S/C13H13BrN4O2/c1-17(8-9-4-2-3-5-10(9)14)13-11(18(19)20)6-7-12(15)16-13/h2-7H,8H2,1H3,(H2,15,16). The van der Waals surface area contributed by atoms with Crippen molar-refractivity contribution in [2.24, 2.45) is 0 Å². The largest absolute Gasteiger partial charge is 0.384 e. The van der Waals surface area contributed by atoms with Crippen LogP contribution >= 0.6 is 15.9 Å². The van der Waals surface area contributed by atoms with Crippen LogP contribution in [0.2, 0.25) is 0 Å². The molecule has 0 aliphatic heterocycles. The van der Waals surface area contributed by atoms with Crippen LogP contribution in [-0.2, 0) is 6.54 Å². The summed E-state index contributed by atoms with van der Waals surface area (Å²) in [5, 5.41) is 11.0. The Hall–Kier alpha value is -2.15. The first kappa shape index (κ1) is 14.3. The van der Waals surface area contributed by atoms with Crippen molar-refractivity contribution in [1.29, 1.82) is 0 Å². The number of nitrogen functional groups attached to an aromatic ring is 1. The average molecular weight is 337 g/mol. The highest BCUT2D eigenvalue weighted by Gasteiger charge is 2.19. The number of nitro groups is 1. The van der Waals surface area contributed by atoms with Gasteiger partial charge < -0.3 is 10.6 Å². The van der Waals surface area contributed by atoms with Gasteiger partial charge in [0.1, 0.15) is 5.82 Å². The van der Waals surface area contributed by atoms with E-state index >= 15 is 0 Å². The number of anilines is 2. The summed E-state index contributed by atoms with van der Waals surface area (Å²) in [6, 6.07) is 10.5. The number of aromatic nitrogens is 1. The number of halogens is 1. The van der Waals surface area contributed by atoms with Gasteiger partial charge in [0.15, 0.2) is 0 Å². The first-order valence-corrected chi connectivity index (χ1v) is 6.64. The summed E-state index contributed by atoms with van der Waals surface area (Å²) in [5.41, 5.74) is 6.57. The maximum Gasteiger partial charge on any atom is 0.311 e. The molecule has 6 nitrogen and oxygen atoms in total. The van der Waals surface area contributed by atoms with Crippen LogP contribution in [0, 0.1) is 10.1 Å². The van der Waals surface area contributed by atoms with E-state index < -0.39 is 4.92 Å². The molecule has 2 aromatic rings. The fourth-order valence-electron chi connectivity index (χ4n) is 1.84. The van der Waals surface area contributed by atoms with E-state index in [0.29, 0.717) is 6.54 Å². The Balaban J connectivity index is 2.34. The molecule has 2 rings (SSSR count). The van der Waals surface area contributed by atoms with Crippen molar-refractivity contribution in [1.82, 2.24) is 4.98 Å². The summed E-state index contributed by atoms with van der Waals surface area (Å²) in [7, 11) is 1.74. The van der Waals surface area contributed by atoms with E-state index in [2.05, 4.69) is 20.9 Å². The fraction of sp³-hybridized carbons (Fsp3) is 0.154. The molecule has 0 saturated carbocycles. The van der Waals surface area contributed by atoms with Crippen molar-refractivity contribution in [3.8, 4) is 0 Å². The van der Waals surface area contributed by atoms with Crippen molar-refractivity contribution in [3.63, 3.8) is 0 Å². The van der Waals surface area contributed by atoms with Gasteiger partial charge in [0.05, 0.1) is 4.92 Å². The lowest BCUT2D eigenvalue weighted by Gasteiger charge is -2.19. The van der Waals surface area contributed by atoms with Crippen LogP contribution in [-0.4, -0.2) is 17.0 Å². The van der Waals surface area contributed by atoms with E-state index in [1.165, 1.54) is 12.1 Å². The molecule has 1 aromatic heterocycles. The summed E-state index contributed by atoms with van der Waals surface area (Å²) in [6.07, 6.45) is 0. The third kappa shape index (κ3) is 3.05. The molecule has 0 radical (unpaired) electrons. The van der Waals surface area contributed by atoms with E-state index in [0.717, 1.165) is 10.0 Å². The van der Waals surface area contributed by atoms with Crippen LogP contribution in [0.25, 0.3) is 0 Å². The van der Waals surface area contributed by atoms with Gasteiger partial charge in [-0.1, -0.05) is 34.1 Å². The summed E-state index contributed by atoms with van der Waals surface area (Å²) in [6.45, 7) is 0.485. The minimum Gasteiger partial charge on any atom is -0.384 e. The number of rotatable bonds is 4. The van der Waals surface area contributed by atoms with Crippen molar-refractivity contribution >= 4 is 33.3 Å². The van der Waals surface area contributed by atoms with Gasteiger partial charge in [-0.25, -0.2) is 4.98 Å². The molecule has 0 saturated heterocycles. The number of benzene rings is 1. The summed E-state index contributed by atoms with van der Waals surface area (Å²) in [5.74, 6) is 0.510. The maximum absolute atomic E-state index is 11.0. The van der Waals surface area contributed by atoms with Gasteiger partial charge in [-0.2, -0.15) is 0 Å². The van der Waals surface area contributed by atoms with Crippen LogP contribution in [0.4, 0.5) is 17.3 Å². The second kappa shape index (κ2) is 5.87. The van der Waals surface area contributed by atoms with Gasteiger partial charge in [0, 0.05) is 24.1 Å².